The molecule has 0 heterocycles. The van der Waals surface area contributed by atoms with Crippen LogP contribution in [0.25, 0.3) is 0 Å². The number of carbonyl (C=O) groups excluding carboxylic acids is 2. The molecule has 6 heteroatoms. The molecule has 0 aliphatic carbocycles. The van der Waals surface area contributed by atoms with Crippen molar-refractivity contribution in [2.45, 2.75) is 24.8 Å². The number of thioether (sulfide) groups is 1. The first-order valence-corrected chi connectivity index (χ1v) is 11.1. The third-order valence-corrected chi connectivity index (χ3v) is 5.30. The molecular formula is C25H26N2O3S. The van der Waals surface area contributed by atoms with Crippen molar-refractivity contribution in [3.8, 4) is 5.75 Å². The summed E-state index contributed by atoms with van der Waals surface area (Å²) in [5, 5.41) is 5.67. The van der Waals surface area contributed by atoms with E-state index in [4.69, 9.17) is 4.74 Å². The van der Waals surface area contributed by atoms with Crippen molar-refractivity contribution in [3.05, 3.63) is 90.0 Å². The van der Waals surface area contributed by atoms with Crippen molar-refractivity contribution in [2.24, 2.45) is 0 Å². The number of benzene rings is 3. The fraction of sp³-hybridized carbons (Fsp3) is 0.200. The van der Waals surface area contributed by atoms with E-state index >= 15 is 0 Å². The van der Waals surface area contributed by atoms with Crippen molar-refractivity contribution >= 4 is 29.3 Å². The highest BCUT2D eigenvalue weighted by atomic mass is 32.2. The van der Waals surface area contributed by atoms with Gasteiger partial charge in [0.05, 0.1) is 17.9 Å². The maximum Gasteiger partial charge on any atom is 0.255 e. The highest BCUT2D eigenvalue weighted by molar-refractivity contribution is 7.99. The topological polar surface area (TPSA) is 67.4 Å². The van der Waals surface area contributed by atoms with Crippen molar-refractivity contribution < 1.29 is 14.3 Å². The molecule has 0 spiro atoms. The van der Waals surface area contributed by atoms with E-state index in [2.05, 4.69) is 22.8 Å². The van der Waals surface area contributed by atoms with Crippen LogP contribution in [-0.4, -0.2) is 30.2 Å². The van der Waals surface area contributed by atoms with Gasteiger partial charge in [-0.25, -0.2) is 0 Å². The molecule has 3 aromatic carbocycles. The molecule has 2 amide bonds. The Hall–Kier alpha value is -3.25. The summed E-state index contributed by atoms with van der Waals surface area (Å²) >= 11 is 1.73. The molecule has 5 nitrogen and oxygen atoms in total. The lowest BCUT2D eigenvalue weighted by atomic mass is 10.1. The van der Waals surface area contributed by atoms with E-state index in [0.29, 0.717) is 29.2 Å². The predicted octanol–water partition coefficient (Wildman–Crippen LogP) is 5.25. The zero-order valence-electron chi connectivity index (χ0n) is 17.6. The number of rotatable bonds is 9. The Morgan fingerprint density at radius 3 is 2.26 bits per heavy atom. The summed E-state index contributed by atoms with van der Waals surface area (Å²) in [4.78, 5) is 26.2. The number of para-hydroxylation sites is 1. The summed E-state index contributed by atoms with van der Waals surface area (Å²) in [6, 6.07) is 24.1. The van der Waals surface area contributed by atoms with Crippen LogP contribution in [0.1, 0.15) is 34.6 Å². The Morgan fingerprint density at radius 1 is 0.871 bits per heavy atom. The number of amides is 2. The van der Waals surface area contributed by atoms with Crippen molar-refractivity contribution in [2.75, 3.05) is 17.7 Å². The average molecular weight is 435 g/mol. The quantitative estimate of drug-likeness (QED) is 0.357. The first-order chi connectivity index (χ1) is 15.0. The van der Waals surface area contributed by atoms with Crippen LogP contribution in [0.5, 0.6) is 5.75 Å². The minimum atomic E-state index is -0.281. The highest BCUT2D eigenvalue weighted by Crippen LogP contribution is 2.20. The molecular weight excluding hydrogens is 408 g/mol. The fourth-order valence-electron chi connectivity index (χ4n) is 2.86. The van der Waals surface area contributed by atoms with Crippen molar-refractivity contribution in [1.82, 2.24) is 5.32 Å². The monoisotopic (exact) mass is 434 g/mol. The number of hydrogen-bond acceptors (Lipinski definition) is 4. The Bertz CT molecular complexity index is 1000. The average Bonchev–Trinajstić information content (AvgIpc) is 2.77. The molecule has 0 bridgehead atoms. The molecule has 160 valence electrons. The summed E-state index contributed by atoms with van der Waals surface area (Å²) in [7, 11) is 0. The van der Waals surface area contributed by atoms with E-state index in [1.54, 1.807) is 60.3 Å². The summed E-state index contributed by atoms with van der Waals surface area (Å²) < 4.78 is 5.76. The van der Waals surface area contributed by atoms with E-state index in [0.717, 1.165) is 5.75 Å². The molecule has 0 unspecified atom stereocenters. The molecule has 0 atom stereocenters. The number of hydrogen-bond donors (Lipinski definition) is 2. The molecule has 0 aliphatic heterocycles. The smallest absolute Gasteiger partial charge is 0.255 e. The second-order valence-electron chi connectivity index (χ2n) is 7.16. The molecule has 0 saturated carbocycles. The normalized spacial score (nSPS) is 10.5. The van der Waals surface area contributed by atoms with Gasteiger partial charge in [-0.05, 0) is 62.4 Å². The first kappa shape index (κ1) is 22.4. The molecule has 2 N–H and O–H groups in total. The number of carbonyl (C=O) groups is 2. The zero-order valence-corrected chi connectivity index (χ0v) is 18.4. The molecule has 0 radical (unpaired) electrons. The molecule has 3 aromatic rings. The summed E-state index contributed by atoms with van der Waals surface area (Å²) in [6.45, 7) is 4.36. The third-order valence-electron chi connectivity index (χ3n) is 4.32. The molecule has 0 aromatic heterocycles. The van der Waals surface area contributed by atoms with Crippen LogP contribution in [0, 0.1) is 0 Å². The highest BCUT2D eigenvalue weighted by Gasteiger charge is 2.14. The van der Waals surface area contributed by atoms with E-state index < -0.39 is 0 Å². The van der Waals surface area contributed by atoms with Gasteiger partial charge in [0.1, 0.15) is 5.75 Å². The lowest BCUT2D eigenvalue weighted by Gasteiger charge is -2.13. The Morgan fingerprint density at radius 2 is 1.55 bits per heavy atom. The van der Waals surface area contributed by atoms with Crippen molar-refractivity contribution in [1.29, 1.82) is 0 Å². The lowest BCUT2D eigenvalue weighted by molar-refractivity contribution is 0.0944. The van der Waals surface area contributed by atoms with Gasteiger partial charge in [-0.3, -0.25) is 9.59 Å². The van der Waals surface area contributed by atoms with E-state index in [1.807, 2.05) is 32.0 Å². The predicted molar refractivity (Wildman–Crippen MR) is 126 cm³/mol. The van der Waals surface area contributed by atoms with Gasteiger partial charge in [-0.15, -0.1) is 11.8 Å². The maximum absolute atomic E-state index is 12.7. The molecule has 31 heavy (non-hydrogen) atoms. The van der Waals surface area contributed by atoms with Crippen molar-refractivity contribution in [3.63, 3.8) is 0 Å². The van der Waals surface area contributed by atoms with Crippen LogP contribution in [0.15, 0.2) is 83.8 Å². The fourth-order valence-corrected chi connectivity index (χ4v) is 3.61. The first-order valence-electron chi connectivity index (χ1n) is 10.1. The van der Waals surface area contributed by atoms with Crippen LogP contribution in [0.3, 0.4) is 0 Å². The zero-order chi connectivity index (χ0) is 22.1. The minimum Gasteiger partial charge on any atom is -0.493 e. The second kappa shape index (κ2) is 11.2. The third kappa shape index (κ3) is 6.89. The molecule has 0 fully saturated rings. The van der Waals surface area contributed by atoms with Gasteiger partial charge in [-0.1, -0.05) is 30.3 Å². The van der Waals surface area contributed by atoms with Crippen LogP contribution < -0.4 is 15.4 Å². The van der Waals surface area contributed by atoms with Gasteiger partial charge >= 0.3 is 0 Å². The number of ether oxygens (including phenoxy) is 1. The van der Waals surface area contributed by atoms with Gasteiger partial charge in [0.25, 0.3) is 11.8 Å². The number of nitrogens with one attached hydrogen (secondary N) is 2. The van der Waals surface area contributed by atoms with Gasteiger partial charge in [0.15, 0.2) is 0 Å². The Labute approximate surface area is 187 Å². The van der Waals surface area contributed by atoms with Crippen LogP contribution in [0.2, 0.25) is 0 Å². The summed E-state index contributed by atoms with van der Waals surface area (Å²) in [5.74, 6) is 1.04. The van der Waals surface area contributed by atoms with Crippen LogP contribution >= 0.6 is 11.8 Å². The standard InChI is InChI=1S/C25H26N2O3S/c1-18(2)26-25(29)22-10-6-7-11-23(22)27-24(28)19-12-14-20(15-13-19)30-16-17-31-21-8-4-3-5-9-21/h3-15,18H,16-17H2,1-2H3,(H,26,29)(H,27,28). The molecule has 3 rings (SSSR count). The van der Waals surface area contributed by atoms with Gasteiger partial charge < -0.3 is 15.4 Å². The van der Waals surface area contributed by atoms with E-state index in [-0.39, 0.29) is 17.9 Å². The second-order valence-corrected chi connectivity index (χ2v) is 8.33. The molecule has 0 aliphatic rings. The number of anilines is 1. The van der Waals surface area contributed by atoms with E-state index in [9.17, 15) is 9.59 Å². The summed E-state index contributed by atoms with van der Waals surface area (Å²) in [5.41, 5.74) is 1.40. The van der Waals surface area contributed by atoms with Gasteiger partial charge in [0.2, 0.25) is 0 Å². The van der Waals surface area contributed by atoms with E-state index in [1.165, 1.54) is 4.90 Å². The summed E-state index contributed by atoms with van der Waals surface area (Å²) in [6.07, 6.45) is 0. The minimum absolute atomic E-state index is 0.00916. The Balaban J connectivity index is 1.54. The maximum atomic E-state index is 12.7. The Kier molecular flexibility index (Phi) is 8.12. The lowest BCUT2D eigenvalue weighted by Crippen LogP contribution is -2.31. The molecule has 0 saturated heterocycles. The van der Waals surface area contributed by atoms with Crippen LogP contribution in [0.4, 0.5) is 5.69 Å². The SMILES string of the molecule is CC(C)NC(=O)c1ccccc1NC(=O)c1ccc(OCCSc2ccccc2)cc1. The van der Waals surface area contributed by atoms with Gasteiger partial charge in [-0.2, -0.15) is 0 Å². The van der Waals surface area contributed by atoms with Gasteiger partial charge in [0, 0.05) is 22.3 Å². The van der Waals surface area contributed by atoms with Crippen LogP contribution in [-0.2, 0) is 0 Å². The largest absolute Gasteiger partial charge is 0.493 e.